The number of hydrogen-bond donors (Lipinski definition) is 1. The van der Waals surface area contributed by atoms with E-state index in [1.807, 2.05) is 0 Å². The van der Waals surface area contributed by atoms with E-state index in [1.165, 1.54) is 12.0 Å². The van der Waals surface area contributed by atoms with Gasteiger partial charge in [0.05, 0.1) is 11.6 Å². The lowest BCUT2D eigenvalue weighted by Gasteiger charge is -2.11. The van der Waals surface area contributed by atoms with E-state index < -0.39 is 0 Å². The number of rotatable bonds is 2. The van der Waals surface area contributed by atoms with Crippen LogP contribution >= 0.6 is 15.9 Å². The second kappa shape index (κ2) is 4.32. The summed E-state index contributed by atoms with van der Waals surface area (Å²) >= 11 is 3.46. The minimum absolute atomic E-state index is 0.650. The van der Waals surface area contributed by atoms with E-state index in [0.29, 0.717) is 5.92 Å². The molecule has 76 valence electrons. The van der Waals surface area contributed by atoms with E-state index in [-0.39, 0.29) is 0 Å². The molecule has 0 bridgehead atoms. The molecule has 2 rings (SSSR count). The van der Waals surface area contributed by atoms with Crippen molar-refractivity contribution < 1.29 is 4.74 Å². The molecule has 2 nitrogen and oxygen atoms in total. The minimum Gasteiger partial charge on any atom is -0.496 e. The van der Waals surface area contributed by atoms with Gasteiger partial charge >= 0.3 is 0 Å². The predicted octanol–water partition coefficient (Wildman–Crippen LogP) is 2.53. The number of hydrogen-bond acceptors (Lipinski definition) is 2. The topological polar surface area (TPSA) is 21.3 Å². The molecular weight excluding hydrogens is 242 g/mol. The van der Waals surface area contributed by atoms with E-state index in [4.69, 9.17) is 4.74 Å². The van der Waals surface area contributed by atoms with Crippen molar-refractivity contribution in [3.05, 3.63) is 28.2 Å². The fourth-order valence-electron chi connectivity index (χ4n) is 1.87. The van der Waals surface area contributed by atoms with Crippen molar-refractivity contribution in [2.75, 3.05) is 20.2 Å². The van der Waals surface area contributed by atoms with Gasteiger partial charge in [-0.1, -0.05) is 6.07 Å². The lowest BCUT2D eigenvalue weighted by atomic mass is 9.98. The first kappa shape index (κ1) is 9.99. The Morgan fingerprint density at radius 3 is 3.00 bits per heavy atom. The van der Waals surface area contributed by atoms with Gasteiger partial charge in [-0.3, -0.25) is 0 Å². The van der Waals surface area contributed by atoms with Crippen molar-refractivity contribution >= 4 is 15.9 Å². The second-order valence-electron chi connectivity index (χ2n) is 3.58. The molecule has 0 aromatic heterocycles. The third-order valence-corrected chi connectivity index (χ3v) is 3.36. The lowest BCUT2D eigenvalue weighted by molar-refractivity contribution is 0.411. The van der Waals surface area contributed by atoms with E-state index >= 15 is 0 Å². The molecule has 1 atom stereocenters. The Morgan fingerprint density at radius 2 is 2.36 bits per heavy atom. The number of benzene rings is 1. The maximum atomic E-state index is 5.28. The Morgan fingerprint density at radius 1 is 1.50 bits per heavy atom. The van der Waals surface area contributed by atoms with Crippen LogP contribution in [-0.2, 0) is 0 Å². The molecule has 0 saturated carbocycles. The van der Waals surface area contributed by atoms with Crippen LogP contribution in [0.15, 0.2) is 22.7 Å². The van der Waals surface area contributed by atoms with E-state index in [0.717, 1.165) is 23.3 Å². The predicted molar refractivity (Wildman–Crippen MR) is 60.9 cm³/mol. The van der Waals surface area contributed by atoms with Gasteiger partial charge in [-0.2, -0.15) is 0 Å². The Kier molecular flexibility index (Phi) is 3.08. The zero-order valence-corrected chi connectivity index (χ0v) is 9.80. The van der Waals surface area contributed by atoms with Crippen molar-refractivity contribution in [2.24, 2.45) is 0 Å². The average Bonchev–Trinajstić information content (AvgIpc) is 2.71. The summed E-state index contributed by atoms with van der Waals surface area (Å²) < 4.78 is 6.30. The van der Waals surface area contributed by atoms with Crippen LogP contribution in [0.2, 0.25) is 0 Å². The van der Waals surface area contributed by atoms with Gasteiger partial charge in [0.1, 0.15) is 5.75 Å². The summed E-state index contributed by atoms with van der Waals surface area (Å²) in [6.45, 7) is 2.22. The van der Waals surface area contributed by atoms with Gasteiger partial charge in [-0.05, 0) is 52.5 Å². The molecule has 1 aromatic rings. The van der Waals surface area contributed by atoms with E-state index in [9.17, 15) is 0 Å². The first-order chi connectivity index (χ1) is 6.81. The molecule has 1 fully saturated rings. The average molecular weight is 256 g/mol. The SMILES string of the molecule is COc1cc(C2CCNC2)ccc1Br. The van der Waals surface area contributed by atoms with Crippen LogP contribution < -0.4 is 10.1 Å². The molecule has 1 heterocycles. The number of ether oxygens (including phenoxy) is 1. The first-order valence-electron chi connectivity index (χ1n) is 4.85. The highest BCUT2D eigenvalue weighted by Gasteiger charge is 2.17. The Labute approximate surface area is 92.8 Å². The lowest BCUT2D eigenvalue weighted by Crippen LogP contribution is -2.07. The Balaban J connectivity index is 2.25. The quantitative estimate of drug-likeness (QED) is 0.877. The largest absolute Gasteiger partial charge is 0.496 e. The fourth-order valence-corrected chi connectivity index (χ4v) is 2.28. The van der Waals surface area contributed by atoms with Gasteiger partial charge in [0, 0.05) is 6.54 Å². The molecule has 1 N–H and O–H groups in total. The van der Waals surface area contributed by atoms with Gasteiger partial charge in [-0.25, -0.2) is 0 Å². The Hall–Kier alpha value is -0.540. The van der Waals surface area contributed by atoms with Crippen molar-refractivity contribution in [3.63, 3.8) is 0 Å². The van der Waals surface area contributed by atoms with Crippen molar-refractivity contribution in [1.29, 1.82) is 0 Å². The zero-order valence-electron chi connectivity index (χ0n) is 8.22. The summed E-state index contributed by atoms with van der Waals surface area (Å²) in [5.74, 6) is 1.58. The van der Waals surface area contributed by atoms with Crippen LogP contribution in [0.3, 0.4) is 0 Å². The number of nitrogens with one attached hydrogen (secondary N) is 1. The van der Waals surface area contributed by atoms with Crippen molar-refractivity contribution in [2.45, 2.75) is 12.3 Å². The summed E-state index contributed by atoms with van der Waals surface area (Å²) in [5.41, 5.74) is 1.37. The highest BCUT2D eigenvalue weighted by Crippen LogP contribution is 2.30. The molecule has 1 aliphatic rings. The highest BCUT2D eigenvalue weighted by atomic mass is 79.9. The number of methoxy groups -OCH3 is 1. The summed E-state index contributed by atoms with van der Waals surface area (Å²) in [4.78, 5) is 0. The van der Waals surface area contributed by atoms with Gasteiger partial charge in [-0.15, -0.1) is 0 Å². The third kappa shape index (κ3) is 1.93. The molecule has 0 amide bonds. The second-order valence-corrected chi connectivity index (χ2v) is 4.44. The molecule has 0 radical (unpaired) electrons. The van der Waals surface area contributed by atoms with Gasteiger partial charge in [0.15, 0.2) is 0 Å². The molecule has 3 heteroatoms. The minimum atomic E-state index is 0.650. The van der Waals surface area contributed by atoms with Crippen molar-refractivity contribution in [3.8, 4) is 5.75 Å². The molecule has 0 aliphatic carbocycles. The van der Waals surface area contributed by atoms with Crippen LogP contribution in [-0.4, -0.2) is 20.2 Å². The highest BCUT2D eigenvalue weighted by molar-refractivity contribution is 9.10. The molecule has 1 aliphatic heterocycles. The van der Waals surface area contributed by atoms with E-state index in [2.05, 4.69) is 39.4 Å². The molecular formula is C11H14BrNO. The van der Waals surface area contributed by atoms with Gasteiger partial charge in [0.2, 0.25) is 0 Å². The maximum Gasteiger partial charge on any atom is 0.133 e. The maximum absolute atomic E-state index is 5.28. The zero-order chi connectivity index (χ0) is 9.97. The summed E-state index contributed by atoms with van der Waals surface area (Å²) in [5, 5.41) is 3.37. The molecule has 14 heavy (non-hydrogen) atoms. The molecule has 0 spiro atoms. The first-order valence-corrected chi connectivity index (χ1v) is 5.64. The van der Waals surface area contributed by atoms with Crippen LogP contribution in [0.5, 0.6) is 5.75 Å². The summed E-state index contributed by atoms with van der Waals surface area (Å²) in [6.07, 6.45) is 1.23. The smallest absolute Gasteiger partial charge is 0.133 e. The van der Waals surface area contributed by atoms with E-state index in [1.54, 1.807) is 7.11 Å². The van der Waals surface area contributed by atoms with Crippen molar-refractivity contribution in [1.82, 2.24) is 5.32 Å². The Bertz CT molecular complexity index is 321. The summed E-state index contributed by atoms with van der Waals surface area (Å²) in [7, 11) is 1.71. The van der Waals surface area contributed by atoms with Crippen LogP contribution in [0.4, 0.5) is 0 Å². The standard InChI is InChI=1S/C11H14BrNO/c1-14-11-6-8(2-3-10(11)12)9-4-5-13-7-9/h2-3,6,9,13H,4-5,7H2,1H3. The fraction of sp³-hybridized carbons (Fsp3) is 0.455. The number of halogens is 1. The van der Waals surface area contributed by atoms with Crippen LogP contribution in [0, 0.1) is 0 Å². The van der Waals surface area contributed by atoms with Gasteiger partial charge in [0.25, 0.3) is 0 Å². The molecule has 1 saturated heterocycles. The van der Waals surface area contributed by atoms with Crippen LogP contribution in [0.1, 0.15) is 17.9 Å². The third-order valence-electron chi connectivity index (χ3n) is 2.71. The molecule has 1 aromatic carbocycles. The monoisotopic (exact) mass is 255 g/mol. The molecule has 1 unspecified atom stereocenters. The van der Waals surface area contributed by atoms with Crippen LogP contribution in [0.25, 0.3) is 0 Å². The summed E-state index contributed by atoms with van der Waals surface area (Å²) in [6, 6.07) is 6.36. The van der Waals surface area contributed by atoms with Gasteiger partial charge < -0.3 is 10.1 Å². The normalized spacial score (nSPS) is 21.1.